The predicted octanol–water partition coefficient (Wildman–Crippen LogP) is 2.85. The van der Waals surface area contributed by atoms with Gasteiger partial charge in [0, 0.05) is 36.9 Å². The van der Waals surface area contributed by atoms with Crippen LogP contribution in [0.25, 0.3) is 0 Å². The topological polar surface area (TPSA) is 18.5 Å². The molecule has 116 valence electrons. The van der Waals surface area contributed by atoms with Crippen LogP contribution in [0.5, 0.6) is 0 Å². The smallest absolute Gasteiger partial charge is 0.0426 e. The minimum Gasteiger partial charge on any atom is -0.369 e. The van der Waals surface area contributed by atoms with Crippen molar-refractivity contribution in [2.75, 3.05) is 50.7 Å². The van der Waals surface area contributed by atoms with Gasteiger partial charge in [0.2, 0.25) is 0 Å². The van der Waals surface area contributed by atoms with E-state index in [0.717, 1.165) is 37.1 Å². The van der Waals surface area contributed by atoms with E-state index in [1.165, 1.54) is 44.6 Å². The third-order valence-corrected chi connectivity index (χ3v) is 4.74. The second-order valence-electron chi connectivity index (χ2n) is 6.31. The van der Waals surface area contributed by atoms with Crippen LogP contribution in [0.2, 0.25) is 5.02 Å². The first kappa shape index (κ1) is 15.1. The normalized spacial score (nSPS) is 20.0. The molecule has 0 aromatic heterocycles. The molecule has 1 aromatic rings. The minimum atomic E-state index is 0.830. The fourth-order valence-electron chi connectivity index (χ4n) is 2.96. The lowest BCUT2D eigenvalue weighted by Gasteiger charge is -2.36. The van der Waals surface area contributed by atoms with Gasteiger partial charge in [0.05, 0.1) is 0 Å². The zero-order chi connectivity index (χ0) is 14.5. The van der Waals surface area contributed by atoms with Crippen LogP contribution in [0.4, 0.5) is 5.69 Å². The first-order valence-corrected chi connectivity index (χ1v) is 8.62. The maximum atomic E-state index is 6.07. The van der Waals surface area contributed by atoms with Gasteiger partial charge in [-0.15, -0.1) is 0 Å². The molecule has 1 aliphatic carbocycles. The highest BCUT2D eigenvalue weighted by Gasteiger charge is 2.20. The maximum absolute atomic E-state index is 6.07. The Morgan fingerprint density at radius 1 is 1.14 bits per heavy atom. The fraction of sp³-hybridized carbons (Fsp3) is 0.647. The highest BCUT2D eigenvalue weighted by atomic mass is 35.5. The van der Waals surface area contributed by atoms with Gasteiger partial charge in [-0.3, -0.25) is 4.90 Å². The molecule has 0 atom stereocenters. The van der Waals surface area contributed by atoms with Crippen LogP contribution < -0.4 is 10.2 Å². The molecule has 3 rings (SSSR count). The van der Waals surface area contributed by atoms with Crippen molar-refractivity contribution in [1.82, 2.24) is 10.2 Å². The van der Waals surface area contributed by atoms with Crippen molar-refractivity contribution >= 4 is 17.3 Å². The van der Waals surface area contributed by atoms with Gasteiger partial charge in [0.25, 0.3) is 0 Å². The van der Waals surface area contributed by atoms with Gasteiger partial charge >= 0.3 is 0 Å². The molecule has 4 heteroatoms. The summed E-state index contributed by atoms with van der Waals surface area (Å²) in [5.74, 6) is 0.992. The quantitative estimate of drug-likeness (QED) is 0.782. The summed E-state index contributed by atoms with van der Waals surface area (Å²) < 4.78 is 0. The third kappa shape index (κ3) is 4.87. The molecule has 1 saturated carbocycles. The molecule has 2 aliphatic rings. The Balaban J connectivity index is 1.32. The molecule has 0 radical (unpaired) electrons. The van der Waals surface area contributed by atoms with Crippen molar-refractivity contribution in [3.63, 3.8) is 0 Å². The zero-order valence-electron chi connectivity index (χ0n) is 12.7. The summed E-state index contributed by atoms with van der Waals surface area (Å²) in [5.41, 5.74) is 1.26. The molecule has 2 fully saturated rings. The van der Waals surface area contributed by atoms with Crippen molar-refractivity contribution in [2.24, 2.45) is 5.92 Å². The van der Waals surface area contributed by atoms with Gasteiger partial charge in [-0.2, -0.15) is 0 Å². The first-order chi connectivity index (χ1) is 10.3. The van der Waals surface area contributed by atoms with E-state index < -0.39 is 0 Å². The van der Waals surface area contributed by atoms with Gasteiger partial charge in [-0.25, -0.2) is 0 Å². The zero-order valence-corrected chi connectivity index (χ0v) is 13.5. The summed E-state index contributed by atoms with van der Waals surface area (Å²) in [6, 6.07) is 8.20. The Hall–Kier alpha value is -0.770. The highest BCUT2D eigenvalue weighted by Crippen LogP contribution is 2.27. The van der Waals surface area contributed by atoms with E-state index >= 15 is 0 Å². The molecular weight excluding hydrogens is 282 g/mol. The summed E-state index contributed by atoms with van der Waals surface area (Å²) in [5, 5.41) is 4.41. The molecule has 1 heterocycles. The molecule has 3 nitrogen and oxygen atoms in total. The molecule has 1 saturated heterocycles. The number of nitrogens with zero attached hydrogens (tertiary/aromatic N) is 2. The number of anilines is 1. The fourth-order valence-corrected chi connectivity index (χ4v) is 3.14. The van der Waals surface area contributed by atoms with Gasteiger partial charge in [0.15, 0.2) is 0 Å². The van der Waals surface area contributed by atoms with Crippen LogP contribution in [0.1, 0.15) is 19.3 Å². The van der Waals surface area contributed by atoms with Crippen LogP contribution in [0.3, 0.4) is 0 Å². The van der Waals surface area contributed by atoms with E-state index in [2.05, 4.69) is 27.2 Å². The van der Waals surface area contributed by atoms with Crippen LogP contribution in [0, 0.1) is 5.92 Å². The summed E-state index contributed by atoms with van der Waals surface area (Å²) >= 11 is 6.07. The Morgan fingerprint density at radius 2 is 1.95 bits per heavy atom. The third-order valence-electron chi connectivity index (χ3n) is 4.50. The highest BCUT2D eigenvalue weighted by molar-refractivity contribution is 6.30. The van der Waals surface area contributed by atoms with Crippen LogP contribution >= 0.6 is 11.6 Å². The van der Waals surface area contributed by atoms with E-state index in [1.807, 2.05) is 12.1 Å². The number of rotatable bonds is 7. The second kappa shape index (κ2) is 7.48. The van der Waals surface area contributed by atoms with Crippen LogP contribution in [0.15, 0.2) is 24.3 Å². The number of piperazine rings is 1. The standard InChI is InChI=1S/C17H26ClN3/c18-16-3-1-4-17(13-16)21-11-9-20(10-12-21)8-2-7-19-14-15-5-6-15/h1,3-4,13,15,19H,2,5-12,14H2. The molecule has 1 aliphatic heterocycles. The van der Waals surface area contributed by atoms with Gasteiger partial charge in [-0.1, -0.05) is 17.7 Å². The Labute approximate surface area is 133 Å². The molecule has 0 amide bonds. The molecule has 0 spiro atoms. The molecule has 1 aromatic carbocycles. The van der Waals surface area contributed by atoms with Crippen molar-refractivity contribution in [3.8, 4) is 0 Å². The Bertz CT molecular complexity index is 439. The minimum absolute atomic E-state index is 0.830. The van der Waals surface area contributed by atoms with Gasteiger partial charge in [0.1, 0.15) is 0 Å². The van der Waals surface area contributed by atoms with Crippen molar-refractivity contribution in [2.45, 2.75) is 19.3 Å². The van der Waals surface area contributed by atoms with Gasteiger partial charge < -0.3 is 10.2 Å². The maximum Gasteiger partial charge on any atom is 0.0426 e. The summed E-state index contributed by atoms with van der Waals surface area (Å²) in [6.07, 6.45) is 4.15. The number of nitrogens with one attached hydrogen (secondary N) is 1. The SMILES string of the molecule is Clc1cccc(N2CCN(CCCNCC3CC3)CC2)c1. The predicted molar refractivity (Wildman–Crippen MR) is 90.3 cm³/mol. The van der Waals surface area contributed by atoms with E-state index in [9.17, 15) is 0 Å². The van der Waals surface area contributed by atoms with E-state index in [1.54, 1.807) is 0 Å². The van der Waals surface area contributed by atoms with Crippen LogP contribution in [-0.4, -0.2) is 50.7 Å². The Kier molecular flexibility index (Phi) is 5.39. The average molecular weight is 308 g/mol. The average Bonchev–Trinajstić information content (AvgIpc) is 3.32. The first-order valence-electron chi connectivity index (χ1n) is 8.25. The lowest BCUT2D eigenvalue weighted by molar-refractivity contribution is 0.254. The number of hydrogen-bond donors (Lipinski definition) is 1. The largest absolute Gasteiger partial charge is 0.369 e. The second-order valence-corrected chi connectivity index (χ2v) is 6.75. The van der Waals surface area contributed by atoms with E-state index in [0.29, 0.717) is 0 Å². The number of halogens is 1. The van der Waals surface area contributed by atoms with Gasteiger partial charge in [-0.05, 0) is 63.0 Å². The van der Waals surface area contributed by atoms with Crippen molar-refractivity contribution in [3.05, 3.63) is 29.3 Å². The lowest BCUT2D eigenvalue weighted by Crippen LogP contribution is -2.47. The van der Waals surface area contributed by atoms with Crippen molar-refractivity contribution < 1.29 is 0 Å². The Morgan fingerprint density at radius 3 is 2.67 bits per heavy atom. The number of benzene rings is 1. The number of hydrogen-bond acceptors (Lipinski definition) is 3. The molecule has 21 heavy (non-hydrogen) atoms. The molecule has 0 unspecified atom stereocenters. The van der Waals surface area contributed by atoms with E-state index in [4.69, 9.17) is 11.6 Å². The monoisotopic (exact) mass is 307 g/mol. The summed E-state index contributed by atoms with van der Waals surface area (Å²) in [4.78, 5) is 5.02. The molecule has 1 N–H and O–H groups in total. The summed E-state index contributed by atoms with van der Waals surface area (Å²) in [7, 11) is 0. The van der Waals surface area contributed by atoms with Crippen molar-refractivity contribution in [1.29, 1.82) is 0 Å². The molecular formula is C17H26ClN3. The van der Waals surface area contributed by atoms with Crippen LogP contribution in [-0.2, 0) is 0 Å². The van der Waals surface area contributed by atoms with E-state index in [-0.39, 0.29) is 0 Å². The summed E-state index contributed by atoms with van der Waals surface area (Å²) in [6.45, 7) is 8.17. The molecule has 0 bridgehead atoms. The lowest BCUT2D eigenvalue weighted by atomic mass is 10.2.